The Hall–Kier alpha value is -2.64. The molecule has 0 spiro atoms. The SMILES string of the molecule is COc1ccc2c(c1)cc(C(=O)N1CCc3cc(C(=O)CO)sc3C1)n2C. The van der Waals surface area contributed by atoms with E-state index in [-0.39, 0.29) is 11.7 Å². The van der Waals surface area contributed by atoms with Crippen LogP contribution in [0, 0.1) is 0 Å². The van der Waals surface area contributed by atoms with Gasteiger partial charge in [0.1, 0.15) is 18.1 Å². The summed E-state index contributed by atoms with van der Waals surface area (Å²) in [6, 6.07) is 9.50. The number of aryl methyl sites for hydroxylation is 1. The van der Waals surface area contributed by atoms with Crippen molar-refractivity contribution in [3.8, 4) is 5.75 Å². The number of Topliss-reactive ketones (excluding diaryl/α,β-unsaturated/α-hetero) is 1. The van der Waals surface area contributed by atoms with E-state index in [1.165, 1.54) is 11.3 Å². The molecule has 3 heterocycles. The molecule has 0 saturated carbocycles. The minimum Gasteiger partial charge on any atom is -0.497 e. The Bertz CT molecular complexity index is 1050. The second-order valence-electron chi connectivity index (χ2n) is 6.63. The molecule has 0 aliphatic carbocycles. The molecule has 1 N–H and O–H groups in total. The van der Waals surface area contributed by atoms with Gasteiger partial charge in [-0.1, -0.05) is 0 Å². The van der Waals surface area contributed by atoms with E-state index in [2.05, 4.69) is 0 Å². The highest BCUT2D eigenvalue weighted by Crippen LogP contribution is 2.30. The number of aliphatic hydroxyl groups excluding tert-OH is 1. The summed E-state index contributed by atoms with van der Waals surface area (Å²) in [6.45, 7) is 0.615. The number of fused-ring (bicyclic) bond motifs is 2. The molecule has 0 saturated heterocycles. The van der Waals surface area contributed by atoms with Crippen LogP contribution in [0.2, 0.25) is 0 Å². The summed E-state index contributed by atoms with van der Waals surface area (Å²) in [7, 11) is 3.51. The van der Waals surface area contributed by atoms with Gasteiger partial charge in [0.15, 0.2) is 5.78 Å². The lowest BCUT2D eigenvalue weighted by atomic mass is 10.1. The van der Waals surface area contributed by atoms with Gasteiger partial charge in [-0.05, 0) is 42.3 Å². The first-order chi connectivity index (χ1) is 13.0. The maximum Gasteiger partial charge on any atom is 0.270 e. The Labute approximate surface area is 160 Å². The minimum atomic E-state index is -0.485. The van der Waals surface area contributed by atoms with Crippen LogP contribution in [-0.4, -0.2) is 46.5 Å². The number of hydrogen-bond acceptors (Lipinski definition) is 5. The number of aliphatic hydroxyl groups is 1. The number of nitrogens with zero attached hydrogens (tertiary/aromatic N) is 2. The first kappa shape index (κ1) is 17.8. The Kier molecular flexibility index (Phi) is 4.49. The van der Waals surface area contributed by atoms with Gasteiger partial charge in [-0.3, -0.25) is 9.59 Å². The fourth-order valence-corrected chi connectivity index (χ4v) is 4.69. The molecule has 4 rings (SSSR count). The lowest BCUT2D eigenvalue weighted by Gasteiger charge is -2.27. The zero-order chi connectivity index (χ0) is 19.1. The summed E-state index contributed by atoms with van der Waals surface area (Å²) < 4.78 is 7.17. The van der Waals surface area contributed by atoms with Crippen molar-refractivity contribution >= 4 is 33.9 Å². The summed E-state index contributed by atoms with van der Waals surface area (Å²) in [5.41, 5.74) is 2.70. The van der Waals surface area contributed by atoms with Crippen LogP contribution in [0.3, 0.4) is 0 Å². The molecule has 1 aromatic carbocycles. The second-order valence-corrected chi connectivity index (χ2v) is 7.77. The van der Waals surface area contributed by atoms with Gasteiger partial charge in [0.25, 0.3) is 5.91 Å². The first-order valence-corrected chi connectivity index (χ1v) is 9.52. The molecule has 0 radical (unpaired) electrons. The van der Waals surface area contributed by atoms with Crippen LogP contribution in [0.1, 0.15) is 30.6 Å². The van der Waals surface area contributed by atoms with Crippen molar-refractivity contribution < 1.29 is 19.4 Å². The number of benzene rings is 1. The monoisotopic (exact) mass is 384 g/mol. The zero-order valence-electron chi connectivity index (χ0n) is 15.2. The van der Waals surface area contributed by atoms with Crippen LogP contribution in [0.4, 0.5) is 0 Å². The van der Waals surface area contributed by atoms with E-state index < -0.39 is 6.61 Å². The number of carbonyl (C=O) groups is 2. The topological polar surface area (TPSA) is 71.8 Å². The standard InChI is InChI=1S/C20H20N2O4S/c1-21-15-4-3-14(26-2)7-13(15)8-16(21)20(25)22-6-5-12-9-18(17(24)11-23)27-19(12)10-22/h3-4,7-9,23H,5-6,10-11H2,1-2H3. The molecule has 0 bridgehead atoms. The number of hydrogen-bond donors (Lipinski definition) is 1. The van der Waals surface area contributed by atoms with Crippen molar-refractivity contribution in [3.05, 3.63) is 51.3 Å². The van der Waals surface area contributed by atoms with Crippen LogP contribution < -0.4 is 4.74 Å². The highest BCUT2D eigenvalue weighted by molar-refractivity contribution is 7.14. The quantitative estimate of drug-likeness (QED) is 0.702. The minimum absolute atomic E-state index is 0.0262. The average Bonchev–Trinajstić information content (AvgIpc) is 3.27. The maximum atomic E-state index is 13.1. The third-order valence-corrected chi connectivity index (χ3v) is 6.26. The Balaban J connectivity index is 1.62. The van der Waals surface area contributed by atoms with Gasteiger partial charge < -0.3 is 19.3 Å². The average molecular weight is 384 g/mol. The number of rotatable bonds is 4. The lowest BCUT2D eigenvalue weighted by Crippen LogP contribution is -2.36. The van der Waals surface area contributed by atoms with Crippen LogP contribution in [0.25, 0.3) is 10.9 Å². The number of aromatic nitrogens is 1. The lowest BCUT2D eigenvalue weighted by molar-refractivity contribution is 0.0727. The van der Waals surface area contributed by atoms with Crippen molar-refractivity contribution in [1.29, 1.82) is 0 Å². The third-order valence-electron chi connectivity index (χ3n) is 5.06. The molecule has 6 nitrogen and oxygen atoms in total. The molecule has 1 aliphatic heterocycles. The molecule has 1 aliphatic rings. The summed E-state index contributed by atoms with van der Waals surface area (Å²) in [6.07, 6.45) is 0.716. The van der Waals surface area contributed by atoms with E-state index in [0.29, 0.717) is 30.1 Å². The molecular formula is C20H20N2O4S. The number of methoxy groups -OCH3 is 1. The van der Waals surface area contributed by atoms with E-state index in [4.69, 9.17) is 9.84 Å². The van der Waals surface area contributed by atoms with Crippen molar-refractivity contribution in [2.75, 3.05) is 20.3 Å². The van der Waals surface area contributed by atoms with Gasteiger partial charge in [-0.2, -0.15) is 0 Å². The van der Waals surface area contributed by atoms with Crippen molar-refractivity contribution in [2.24, 2.45) is 7.05 Å². The first-order valence-electron chi connectivity index (χ1n) is 8.70. The fourth-order valence-electron chi connectivity index (χ4n) is 3.53. The van der Waals surface area contributed by atoms with Crippen LogP contribution in [-0.2, 0) is 20.0 Å². The molecule has 3 aromatic rings. The van der Waals surface area contributed by atoms with Gasteiger partial charge in [0, 0.05) is 29.4 Å². The summed E-state index contributed by atoms with van der Waals surface area (Å²) in [5, 5.41) is 10.0. The van der Waals surface area contributed by atoms with E-state index in [0.717, 1.165) is 27.1 Å². The van der Waals surface area contributed by atoms with E-state index in [1.54, 1.807) is 7.11 Å². The molecule has 7 heteroatoms. The normalized spacial score (nSPS) is 13.7. The van der Waals surface area contributed by atoms with E-state index >= 15 is 0 Å². The predicted molar refractivity (Wildman–Crippen MR) is 104 cm³/mol. The van der Waals surface area contributed by atoms with Crippen molar-refractivity contribution in [1.82, 2.24) is 9.47 Å². The molecular weight excluding hydrogens is 364 g/mol. The number of ether oxygens (including phenoxy) is 1. The zero-order valence-corrected chi connectivity index (χ0v) is 16.0. The molecule has 2 aromatic heterocycles. The molecule has 0 fully saturated rings. The smallest absolute Gasteiger partial charge is 0.270 e. The van der Waals surface area contributed by atoms with Gasteiger partial charge in [0.2, 0.25) is 0 Å². The number of ketones is 1. The summed E-state index contributed by atoms with van der Waals surface area (Å²) >= 11 is 1.37. The highest BCUT2D eigenvalue weighted by atomic mass is 32.1. The van der Waals surface area contributed by atoms with Gasteiger partial charge in [-0.25, -0.2) is 0 Å². The molecule has 140 valence electrons. The Morgan fingerprint density at radius 2 is 2.07 bits per heavy atom. The number of carbonyl (C=O) groups excluding carboxylic acids is 2. The molecule has 0 unspecified atom stereocenters. The third kappa shape index (κ3) is 3.02. The Morgan fingerprint density at radius 3 is 2.81 bits per heavy atom. The van der Waals surface area contributed by atoms with Gasteiger partial charge in [-0.15, -0.1) is 11.3 Å². The largest absolute Gasteiger partial charge is 0.497 e. The van der Waals surface area contributed by atoms with Crippen molar-refractivity contribution in [3.63, 3.8) is 0 Å². The molecule has 0 atom stereocenters. The van der Waals surface area contributed by atoms with Crippen LogP contribution in [0.5, 0.6) is 5.75 Å². The summed E-state index contributed by atoms with van der Waals surface area (Å²) in [4.78, 5) is 28.3. The number of thiophene rings is 1. The molecule has 27 heavy (non-hydrogen) atoms. The highest BCUT2D eigenvalue weighted by Gasteiger charge is 2.26. The summed E-state index contributed by atoms with van der Waals surface area (Å²) in [5.74, 6) is 0.464. The fraction of sp³-hybridized carbons (Fsp3) is 0.300. The van der Waals surface area contributed by atoms with Gasteiger partial charge >= 0.3 is 0 Å². The maximum absolute atomic E-state index is 13.1. The predicted octanol–water partition coefficient (Wildman–Crippen LogP) is 2.62. The number of amides is 1. The van der Waals surface area contributed by atoms with Gasteiger partial charge in [0.05, 0.1) is 18.5 Å². The van der Waals surface area contributed by atoms with Crippen molar-refractivity contribution in [2.45, 2.75) is 13.0 Å². The van der Waals surface area contributed by atoms with Crippen LogP contribution >= 0.6 is 11.3 Å². The van der Waals surface area contributed by atoms with E-state index in [9.17, 15) is 9.59 Å². The van der Waals surface area contributed by atoms with E-state index in [1.807, 2.05) is 46.8 Å². The van der Waals surface area contributed by atoms with Crippen LogP contribution in [0.15, 0.2) is 30.3 Å². The Morgan fingerprint density at radius 1 is 1.26 bits per heavy atom. The second kappa shape index (κ2) is 6.83. The molecule has 1 amide bonds.